The van der Waals surface area contributed by atoms with Crippen LogP contribution in [0.4, 0.5) is 18.9 Å². The molecule has 1 fully saturated rings. The van der Waals surface area contributed by atoms with Crippen LogP contribution in [-0.2, 0) is 33.8 Å². The molecule has 1 saturated heterocycles. The Labute approximate surface area is 298 Å². The molecule has 6 rings (SSSR count). The summed E-state index contributed by atoms with van der Waals surface area (Å²) in [5.74, 6) is -3.13. The smallest absolute Gasteiger partial charge is 0.475 e. The summed E-state index contributed by atoms with van der Waals surface area (Å²) in [7, 11) is 0. The summed E-state index contributed by atoms with van der Waals surface area (Å²) in [6.45, 7) is 6.37. The molecule has 0 bridgehead atoms. The summed E-state index contributed by atoms with van der Waals surface area (Å²) in [4.78, 5) is 56.7. The van der Waals surface area contributed by atoms with Gasteiger partial charge in [0.25, 0.3) is 11.8 Å². The number of nitrogens with zero attached hydrogens (tertiary/aromatic N) is 4. The van der Waals surface area contributed by atoms with Gasteiger partial charge in [0.2, 0.25) is 5.91 Å². The highest BCUT2D eigenvalue weighted by Gasteiger charge is 2.38. The first-order valence-corrected chi connectivity index (χ1v) is 16.9. The molecule has 0 spiro atoms. The number of carbonyl (C=O) groups is 4. The molecule has 3 aliphatic heterocycles. The highest BCUT2D eigenvalue weighted by molar-refractivity contribution is 6.30. The van der Waals surface area contributed by atoms with E-state index in [1.807, 2.05) is 36.4 Å². The zero-order valence-corrected chi connectivity index (χ0v) is 28.5. The zero-order chi connectivity index (χ0) is 36.5. The topological polar surface area (TPSA) is 111 Å². The van der Waals surface area contributed by atoms with E-state index in [2.05, 4.69) is 23.1 Å². The molecule has 270 valence electrons. The summed E-state index contributed by atoms with van der Waals surface area (Å²) in [5.41, 5.74) is 4.94. The number of benzene rings is 3. The minimum absolute atomic E-state index is 0.00387. The largest absolute Gasteiger partial charge is 0.490 e. The summed E-state index contributed by atoms with van der Waals surface area (Å²) in [5, 5.41) is 7.68. The second-order valence-electron chi connectivity index (χ2n) is 12.3. The van der Waals surface area contributed by atoms with Crippen LogP contribution in [0, 0.1) is 0 Å². The lowest BCUT2D eigenvalue weighted by Gasteiger charge is -2.26. The van der Waals surface area contributed by atoms with Crippen molar-refractivity contribution in [3.63, 3.8) is 0 Å². The Hall–Kier alpha value is -4.72. The Morgan fingerprint density at radius 3 is 1.98 bits per heavy atom. The number of carboxylic acids is 1. The average Bonchev–Trinajstić information content (AvgIpc) is 3.62. The number of aliphatic carboxylic acids is 1. The van der Waals surface area contributed by atoms with Gasteiger partial charge in [-0.25, -0.2) is 4.79 Å². The van der Waals surface area contributed by atoms with Crippen LogP contribution < -0.4 is 4.90 Å². The van der Waals surface area contributed by atoms with Gasteiger partial charge < -0.3 is 24.5 Å². The van der Waals surface area contributed by atoms with Crippen molar-refractivity contribution in [2.45, 2.75) is 32.1 Å². The third kappa shape index (κ3) is 10.2. The highest BCUT2D eigenvalue weighted by atomic mass is 35.5. The maximum Gasteiger partial charge on any atom is 0.490 e. The molecule has 14 heteroatoms. The maximum atomic E-state index is 13.9. The second-order valence-corrected chi connectivity index (χ2v) is 12.8. The van der Waals surface area contributed by atoms with Crippen molar-refractivity contribution in [2.24, 2.45) is 0 Å². The fraction of sp³-hybridized carbons (Fsp3) is 0.351. The normalized spacial score (nSPS) is 16.3. The maximum absolute atomic E-state index is 13.9. The molecule has 3 aliphatic rings. The number of aryl methyl sites for hydroxylation is 1. The predicted molar refractivity (Wildman–Crippen MR) is 185 cm³/mol. The quantitative estimate of drug-likeness (QED) is 0.308. The fourth-order valence-electron chi connectivity index (χ4n) is 5.98. The number of hydrogen-bond donors (Lipinski definition) is 1. The number of carboxylic acid groups (broad SMARTS) is 1. The Morgan fingerprint density at radius 2 is 1.37 bits per heavy atom. The number of amides is 3. The molecule has 3 aromatic rings. The standard InChI is InChI=1S/C35H37ClN4O4.C2HF3O2/c36-31-13-11-29(12-14-31)35(43)39-24-30-10-5-26(4-3-15-37-18-20-44-21-19-37)22-32(30)40(33(41)25-39)23-27-6-8-28(9-7-27)34(42)38-16-1-2-17-38;3-2(4,5)1(6)7/h1-2,5-14,22H,3-4,15-21,23-25H2;(H,6,7). The number of carbonyl (C=O) groups excluding carboxylic acids is 3. The third-order valence-corrected chi connectivity index (χ3v) is 8.99. The molecular weight excluding hydrogens is 689 g/mol. The lowest BCUT2D eigenvalue weighted by atomic mass is 10.0. The van der Waals surface area contributed by atoms with Gasteiger partial charge in [-0.05, 0) is 78.5 Å². The third-order valence-electron chi connectivity index (χ3n) is 8.74. The summed E-state index contributed by atoms with van der Waals surface area (Å²) in [6, 6.07) is 20.5. The SMILES string of the molecule is O=C(O)C(F)(F)F.O=C(c1ccc(CN2C(=O)CN(C(=O)c3ccc(Cl)cc3)Cc3ccc(CCCN4CCOCC4)cc32)cc1)N1CC=CC1. The number of anilines is 1. The van der Waals surface area contributed by atoms with E-state index >= 15 is 0 Å². The van der Waals surface area contributed by atoms with Crippen LogP contribution in [0.3, 0.4) is 0 Å². The Morgan fingerprint density at radius 1 is 0.804 bits per heavy atom. The Balaban J connectivity index is 0.000000654. The first-order chi connectivity index (χ1) is 24.4. The molecule has 0 aromatic heterocycles. The second kappa shape index (κ2) is 17.0. The van der Waals surface area contributed by atoms with E-state index in [0.717, 1.165) is 68.1 Å². The highest BCUT2D eigenvalue weighted by Crippen LogP contribution is 2.30. The Kier molecular flexibility index (Phi) is 12.5. The summed E-state index contributed by atoms with van der Waals surface area (Å²) in [6.07, 6.45) is 0.803. The zero-order valence-electron chi connectivity index (χ0n) is 27.8. The van der Waals surface area contributed by atoms with Crippen LogP contribution in [0.5, 0.6) is 0 Å². The van der Waals surface area contributed by atoms with Crippen molar-refractivity contribution < 1.29 is 42.2 Å². The van der Waals surface area contributed by atoms with Crippen LogP contribution in [0.25, 0.3) is 0 Å². The monoisotopic (exact) mass is 726 g/mol. The first-order valence-electron chi connectivity index (χ1n) is 16.5. The van der Waals surface area contributed by atoms with Gasteiger partial charge in [0, 0.05) is 54.6 Å². The van der Waals surface area contributed by atoms with E-state index in [4.69, 9.17) is 26.2 Å². The van der Waals surface area contributed by atoms with Crippen LogP contribution in [-0.4, -0.2) is 102 Å². The molecule has 10 nitrogen and oxygen atoms in total. The van der Waals surface area contributed by atoms with Gasteiger partial charge in [0.15, 0.2) is 0 Å². The predicted octanol–water partition coefficient (Wildman–Crippen LogP) is 5.44. The van der Waals surface area contributed by atoms with Gasteiger partial charge in [0.1, 0.15) is 6.54 Å². The summed E-state index contributed by atoms with van der Waals surface area (Å²) >= 11 is 6.05. The van der Waals surface area contributed by atoms with Crippen LogP contribution in [0.15, 0.2) is 78.9 Å². The van der Waals surface area contributed by atoms with Crippen LogP contribution >= 0.6 is 11.6 Å². The number of alkyl halides is 3. The Bertz CT molecular complexity index is 1740. The van der Waals surface area contributed by atoms with Crippen molar-refractivity contribution >= 4 is 41.0 Å². The van der Waals surface area contributed by atoms with Crippen LogP contribution in [0.2, 0.25) is 5.02 Å². The van der Waals surface area contributed by atoms with Crippen molar-refractivity contribution in [3.8, 4) is 0 Å². The lowest BCUT2D eigenvalue weighted by Crippen LogP contribution is -2.39. The van der Waals surface area contributed by atoms with Gasteiger partial charge in [-0.15, -0.1) is 0 Å². The molecule has 0 saturated carbocycles. The molecule has 0 unspecified atom stereocenters. The molecule has 3 aromatic carbocycles. The van der Waals surface area contributed by atoms with E-state index in [1.165, 1.54) is 0 Å². The number of rotatable bonds is 8. The van der Waals surface area contributed by atoms with Crippen LogP contribution in [0.1, 0.15) is 43.8 Å². The average molecular weight is 727 g/mol. The van der Waals surface area contributed by atoms with E-state index in [-0.39, 0.29) is 24.3 Å². The number of fused-ring (bicyclic) bond motifs is 1. The van der Waals surface area contributed by atoms with E-state index in [1.54, 1.807) is 39.0 Å². The molecular formula is C37H38ClF3N4O6. The van der Waals surface area contributed by atoms with Gasteiger partial charge in [-0.1, -0.05) is 48.0 Å². The van der Waals surface area contributed by atoms with Crippen molar-refractivity contribution in [1.82, 2.24) is 14.7 Å². The van der Waals surface area contributed by atoms with Crippen molar-refractivity contribution in [2.75, 3.05) is 57.4 Å². The van der Waals surface area contributed by atoms with Gasteiger partial charge in [-0.2, -0.15) is 13.2 Å². The molecule has 51 heavy (non-hydrogen) atoms. The van der Waals surface area contributed by atoms with Gasteiger partial charge in [0.05, 0.1) is 19.8 Å². The number of hydrogen-bond acceptors (Lipinski definition) is 6. The molecule has 0 aliphatic carbocycles. The first kappa shape index (κ1) is 37.5. The molecule has 0 radical (unpaired) electrons. The van der Waals surface area contributed by atoms with Gasteiger partial charge >= 0.3 is 12.1 Å². The molecule has 1 N–H and O–H groups in total. The lowest BCUT2D eigenvalue weighted by molar-refractivity contribution is -0.192. The fourth-order valence-corrected chi connectivity index (χ4v) is 6.11. The number of morpholine rings is 1. The molecule has 0 atom stereocenters. The minimum atomic E-state index is -5.08. The van der Waals surface area contributed by atoms with E-state index in [9.17, 15) is 27.6 Å². The summed E-state index contributed by atoms with van der Waals surface area (Å²) < 4.78 is 37.2. The number of ether oxygens (including phenoxy) is 1. The minimum Gasteiger partial charge on any atom is -0.475 e. The van der Waals surface area contributed by atoms with E-state index < -0.39 is 12.1 Å². The molecule has 3 amide bonds. The number of halogens is 4. The van der Waals surface area contributed by atoms with Gasteiger partial charge in [-0.3, -0.25) is 19.3 Å². The molecule has 3 heterocycles. The van der Waals surface area contributed by atoms with Crippen molar-refractivity contribution in [3.05, 3.63) is 112 Å². The van der Waals surface area contributed by atoms with E-state index in [0.29, 0.717) is 42.3 Å². The van der Waals surface area contributed by atoms with Crippen molar-refractivity contribution in [1.29, 1.82) is 0 Å².